The van der Waals surface area contributed by atoms with Gasteiger partial charge in [-0.3, -0.25) is 4.90 Å². The summed E-state index contributed by atoms with van der Waals surface area (Å²) < 4.78 is 39.0. The van der Waals surface area contributed by atoms with Crippen LogP contribution in [0.25, 0.3) is 0 Å². The molecule has 118 valence electrons. The van der Waals surface area contributed by atoms with Crippen LogP contribution in [-0.2, 0) is 6.18 Å². The van der Waals surface area contributed by atoms with Gasteiger partial charge in [-0.1, -0.05) is 0 Å². The Hall–Kier alpha value is -1.34. The molecule has 1 aromatic rings. The van der Waals surface area contributed by atoms with E-state index in [0.717, 1.165) is 6.07 Å². The van der Waals surface area contributed by atoms with Crippen molar-refractivity contribution >= 4 is 5.82 Å². The fourth-order valence-corrected chi connectivity index (χ4v) is 2.54. The molecule has 0 atom stereocenters. The molecule has 0 radical (unpaired) electrons. The number of hydrogen-bond acceptors (Lipinski definition) is 4. The summed E-state index contributed by atoms with van der Waals surface area (Å²) in [5.74, 6) is -0.00657. The minimum Gasteiger partial charge on any atom is -0.389 e. The number of piperazine rings is 1. The van der Waals surface area contributed by atoms with E-state index in [1.807, 2.05) is 4.90 Å². The lowest BCUT2D eigenvalue weighted by molar-refractivity contribution is -0.137. The van der Waals surface area contributed by atoms with E-state index in [-0.39, 0.29) is 5.82 Å². The lowest BCUT2D eigenvalue weighted by Gasteiger charge is -2.38. The largest absolute Gasteiger partial charge is 0.419 e. The van der Waals surface area contributed by atoms with Crippen LogP contribution in [0.1, 0.15) is 19.4 Å². The summed E-state index contributed by atoms with van der Waals surface area (Å²) in [5.41, 5.74) is -1.49. The van der Waals surface area contributed by atoms with Gasteiger partial charge in [0.15, 0.2) is 0 Å². The van der Waals surface area contributed by atoms with Crippen molar-refractivity contribution in [1.29, 1.82) is 0 Å². The van der Waals surface area contributed by atoms with Crippen molar-refractivity contribution < 1.29 is 18.3 Å². The maximum atomic E-state index is 13.0. The molecule has 0 aliphatic carbocycles. The van der Waals surface area contributed by atoms with Gasteiger partial charge in [0, 0.05) is 38.9 Å². The molecule has 1 aromatic heterocycles. The molecular formula is C14H20F3N3O. The Morgan fingerprint density at radius 2 is 1.81 bits per heavy atom. The third kappa shape index (κ3) is 4.31. The maximum Gasteiger partial charge on any atom is 0.419 e. The molecule has 1 saturated heterocycles. The number of aromatic nitrogens is 1. The van der Waals surface area contributed by atoms with Gasteiger partial charge >= 0.3 is 6.18 Å². The fraction of sp³-hybridized carbons (Fsp3) is 0.643. The number of aliphatic hydroxyl groups is 1. The molecule has 21 heavy (non-hydrogen) atoms. The molecule has 7 heteroatoms. The first kappa shape index (κ1) is 16.0. The maximum absolute atomic E-state index is 13.0. The van der Waals surface area contributed by atoms with Crippen LogP contribution in [0.2, 0.25) is 0 Å². The predicted molar refractivity (Wildman–Crippen MR) is 74.2 cm³/mol. The second kappa shape index (κ2) is 5.81. The van der Waals surface area contributed by atoms with Crippen molar-refractivity contribution in [3.05, 3.63) is 23.9 Å². The topological polar surface area (TPSA) is 39.6 Å². The van der Waals surface area contributed by atoms with E-state index < -0.39 is 17.3 Å². The predicted octanol–water partition coefficient (Wildman–Crippen LogP) is 1.99. The van der Waals surface area contributed by atoms with Gasteiger partial charge in [0.05, 0.1) is 11.2 Å². The second-order valence-electron chi connectivity index (χ2n) is 5.95. The zero-order chi connectivity index (χ0) is 15.7. The number of alkyl halides is 3. The molecule has 0 bridgehead atoms. The monoisotopic (exact) mass is 303 g/mol. The van der Waals surface area contributed by atoms with Gasteiger partial charge in [0.1, 0.15) is 5.82 Å². The third-order valence-corrected chi connectivity index (χ3v) is 3.37. The minimum absolute atomic E-state index is 0.00657. The van der Waals surface area contributed by atoms with E-state index in [4.69, 9.17) is 0 Å². The molecule has 0 amide bonds. The molecule has 2 rings (SSSR count). The molecular weight excluding hydrogens is 283 g/mol. The summed E-state index contributed by atoms with van der Waals surface area (Å²) in [7, 11) is 0. The zero-order valence-corrected chi connectivity index (χ0v) is 12.2. The molecule has 0 aromatic carbocycles. The number of β-amino-alcohol motifs (C(OH)–C–C–N with tert-alkyl or cyclic N) is 1. The average Bonchev–Trinajstić information content (AvgIpc) is 2.37. The Balaban J connectivity index is 2.06. The van der Waals surface area contributed by atoms with Gasteiger partial charge in [-0.2, -0.15) is 13.2 Å². The van der Waals surface area contributed by atoms with E-state index in [9.17, 15) is 18.3 Å². The smallest absolute Gasteiger partial charge is 0.389 e. The highest BCUT2D eigenvalue weighted by atomic mass is 19.4. The van der Waals surface area contributed by atoms with Crippen LogP contribution in [0, 0.1) is 0 Å². The number of anilines is 1. The molecule has 1 fully saturated rings. The number of halogens is 3. The van der Waals surface area contributed by atoms with E-state index in [1.54, 1.807) is 18.7 Å². The van der Waals surface area contributed by atoms with Gasteiger partial charge in [-0.15, -0.1) is 0 Å². The van der Waals surface area contributed by atoms with Crippen molar-refractivity contribution in [1.82, 2.24) is 9.88 Å². The highest BCUT2D eigenvalue weighted by Gasteiger charge is 2.36. The van der Waals surface area contributed by atoms with Gasteiger partial charge in [0.25, 0.3) is 0 Å². The van der Waals surface area contributed by atoms with Crippen LogP contribution in [0.15, 0.2) is 18.3 Å². The van der Waals surface area contributed by atoms with E-state index in [0.29, 0.717) is 32.7 Å². The van der Waals surface area contributed by atoms with E-state index in [2.05, 4.69) is 4.98 Å². The van der Waals surface area contributed by atoms with E-state index >= 15 is 0 Å². The van der Waals surface area contributed by atoms with Crippen molar-refractivity contribution in [3.8, 4) is 0 Å². The first-order valence-corrected chi connectivity index (χ1v) is 6.89. The lowest BCUT2D eigenvalue weighted by atomic mass is 10.1. The minimum atomic E-state index is -4.40. The summed E-state index contributed by atoms with van der Waals surface area (Å²) in [4.78, 5) is 7.61. The van der Waals surface area contributed by atoms with E-state index in [1.165, 1.54) is 12.3 Å². The SMILES string of the molecule is CC(C)(O)CN1CCN(c2ncccc2C(F)(F)F)CC1. The zero-order valence-electron chi connectivity index (χ0n) is 12.2. The molecule has 1 aliphatic heterocycles. The third-order valence-electron chi connectivity index (χ3n) is 3.37. The molecule has 0 saturated carbocycles. The first-order chi connectivity index (χ1) is 9.67. The van der Waals surface area contributed by atoms with Crippen molar-refractivity contribution in [2.45, 2.75) is 25.6 Å². The van der Waals surface area contributed by atoms with Crippen LogP contribution < -0.4 is 4.90 Å². The molecule has 1 aliphatic rings. The van der Waals surface area contributed by atoms with Crippen LogP contribution in [0.4, 0.5) is 19.0 Å². The Morgan fingerprint density at radius 1 is 1.19 bits per heavy atom. The standard InChI is InChI=1S/C14H20F3N3O/c1-13(2,21)10-19-6-8-20(9-7-19)12-11(14(15,16)17)4-3-5-18-12/h3-5,21H,6-10H2,1-2H3. The van der Waals surface area contributed by atoms with Gasteiger partial charge in [-0.25, -0.2) is 4.98 Å². The highest BCUT2D eigenvalue weighted by molar-refractivity contribution is 5.48. The Labute approximate surface area is 122 Å². The molecule has 1 N–H and O–H groups in total. The van der Waals surface area contributed by atoms with Gasteiger partial charge < -0.3 is 10.0 Å². The normalized spacial score (nSPS) is 18.1. The molecule has 2 heterocycles. The van der Waals surface area contributed by atoms with Crippen molar-refractivity contribution in [2.24, 2.45) is 0 Å². The number of nitrogens with zero attached hydrogens (tertiary/aromatic N) is 3. The van der Waals surface area contributed by atoms with Gasteiger partial charge in [-0.05, 0) is 26.0 Å². The summed E-state index contributed by atoms with van der Waals surface area (Å²) in [5, 5.41) is 9.79. The van der Waals surface area contributed by atoms with Crippen molar-refractivity contribution in [2.75, 3.05) is 37.6 Å². The lowest BCUT2D eigenvalue weighted by Crippen LogP contribution is -2.51. The number of rotatable bonds is 3. The summed E-state index contributed by atoms with van der Waals surface area (Å²) >= 11 is 0. The number of pyridine rings is 1. The first-order valence-electron chi connectivity index (χ1n) is 6.89. The number of hydrogen-bond donors (Lipinski definition) is 1. The van der Waals surface area contributed by atoms with Crippen LogP contribution >= 0.6 is 0 Å². The Bertz CT molecular complexity index is 477. The molecule has 0 unspecified atom stereocenters. The molecule has 0 spiro atoms. The van der Waals surface area contributed by atoms with Crippen molar-refractivity contribution in [3.63, 3.8) is 0 Å². The highest BCUT2D eigenvalue weighted by Crippen LogP contribution is 2.35. The quantitative estimate of drug-likeness (QED) is 0.927. The Kier molecular flexibility index (Phi) is 4.43. The summed E-state index contributed by atoms with van der Waals surface area (Å²) in [6, 6.07) is 2.36. The van der Waals surface area contributed by atoms with Gasteiger partial charge in [0.2, 0.25) is 0 Å². The molecule has 4 nitrogen and oxygen atoms in total. The fourth-order valence-electron chi connectivity index (χ4n) is 2.54. The van der Waals surface area contributed by atoms with Crippen LogP contribution in [0.3, 0.4) is 0 Å². The average molecular weight is 303 g/mol. The second-order valence-corrected chi connectivity index (χ2v) is 5.95. The summed E-state index contributed by atoms with van der Waals surface area (Å²) in [6.07, 6.45) is -3.01. The summed E-state index contributed by atoms with van der Waals surface area (Å²) in [6.45, 7) is 6.11. The van der Waals surface area contributed by atoms with Crippen LogP contribution in [-0.4, -0.2) is 53.3 Å². The van der Waals surface area contributed by atoms with Crippen LogP contribution in [0.5, 0.6) is 0 Å². The Morgan fingerprint density at radius 3 is 2.33 bits per heavy atom.